The van der Waals surface area contributed by atoms with E-state index in [2.05, 4.69) is 20.6 Å². The molecule has 18 heavy (non-hydrogen) atoms. The van der Waals surface area contributed by atoms with Crippen LogP contribution in [0.15, 0.2) is 42.7 Å². The van der Waals surface area contributed by atoms with Crippen molar-refractivity contribution in [2.45, 2.75) is 6.42 Å². The van der Waals surface area contributed by atoms with Gasteiger partial charge in [0.15, 0.2) is 0 Å². The summed E-state index contributed by atoms with van der Waals surface area (Å²) in [5.74, 6) is 0.658. The van der Waals surface area contributed by atoms with Gasteiger partial charge < -0.3 is 10.6 Å². The number of rotatable bonds is 4. The number of pyridine rings is 2. The van der Waals surface area contributed by atoms with Crippen LogP contribution in [-0.4, -0.2) is 22.9 Å². The Labute approximate surface area is 105 Å². The average Bonchev–Trinajstić information content (AvgIpc) is 2.40. The van der Waals surface area contributed by atoms with Crippen molar-refractivity contribution >= 4 is 17.4 Å². The topological polar surface area (TPSA) is 66.9 Å². The second kappa shape index (κ2) is 5.77. The monoisotopic (exact) mass is 242 g/mol. The summed E-state index contributed by atoms with van der Waals surface area (Å²) >= 11 is 0. The lowest BCUT2D eigenvalue weighted by atomic mass is 10.2. The second-order valence-electron chi connectivity index (χ2n) is 3.73. The Kier molecular flexibility index (Phi) is 3.86. The minimum absolute atomic E-state index is 0.104. The Balaban J connectivity index is 1.94. The third-order valence-corrected chi connectivity index (χ3v) is 2.37. The number of hydrogen-bond acceptors (Lipinski definition) is 4. The van der Waals surface area contributed by atoms with Gasteiger partial charge in [0.2, 0.25) is 5.91 Å². The fourth-order valence-electron chi connectivity index (χ4n) is 1.49. The van der Waals surface area contributed by atoms with Crippen LogP contribution in [0.3, 0.4) is 0 Å². The van der Waals surface area contributed by atoms with E-state index in [1.54, 1.807) is 31.6 Å². The lowest BCUT2D eigenvalue weighted by Crippen LogP contribution is -2.15. The van der Waals surface area contributed by atoms with E-state index >= 15 is 0 Å². The molecule has 0 aliphatic heterocycles. The van der Waals surface area contributed by atoms with Crippen molar-refractivity contribution in [2.75, 3.05) is 17.7 Å². The molecule has 0 aliphatic rings. The third-order valence-electron chi connectivity index (χ3n) is 2.37. The zero-order chi connectivity index (χ0) is 12.8. The molecule has 0 spiro atoms. The van der Waals surface area contributed by atoms with Crippen LogP contribution in [0.5, 0.6) is 0 Å². The molecular formula is C13H14N4O. The highest BCUT2D eigenvalue weighted by molar-refractivity contribution is 5.91. The molecule has 2 heterocycles. The number of nitrogens with one attached hydrogen (secondary N) is 2. The Bertz CT molecular complexity index is 510. The molecule has 2 rings (SSSR count). The highest BCUT2D eigenvalue weighted by Gasteiger charge is 2.04. The fraction of sp³-hybridized carbons (Fsp3) is 0.154. The van der Waals surface area contributed by atoms with E-state index < -0.39 is 0 Å². The number of anilines is 2. The molecule has 2 aromatic heterocycles. The SMILES string of the molecule is CNc1ccc(NC(=O)Cc2ccccn2)cn1. The van der Waals surface area contributed by atoms with Crippen LogP contribution >= 0.6 is 0 Å². The van der Waals surface area contributed by atoms with E-state index in [-0.39, 0.29) is 12.3 Å². The number of aromatic nitrogens is 2. The smallest absolute Gasteiger partial charge is 0.230 e. The van der Waals surface area contributed by atoms with Crippen LogP contribution in [0.25, 0.3) is 0 Å². The summed E-state index contributed by atoms with van der Waals surface area (Å²) < 4.78 is 0. The molecule has 0 atom stereocenters. The molecule has 0 bridgehead atoms. The summed E-state index contributed by atoms with van der Waals surface area (Å²) in [6.07, 6.45) is 3.54. The molecule has 2 aromatic rings. The molecule has 2 N–H and O–H groups in total. The van der Waals surface area contributed by atoms with Gasteiger partial charge in [-0.2, -0.15) is 0 Å². The van der Waals surface area contributed by atoms with Crippen molar-refractivity contribution in [3.05, 3.63) is 48.4 Å². The van der Waals surface area contributed by atoms with E-state index in [0.29, 0.717) is 5.69 Å². The predicted octanol–water partition coefficient (Wildman–Crippen LogP) is 1.70. The average molecular weight is 242 g/mol. The molecule has 5 nitrogen and oxygen atoms in total. The van der Waals surface area contributed by atoms with Gasteiger partial charge in [0.1, 0.15) is 5.82 Å². The maximum absolute atomic E-state index is 11.7. The summed E-state index contributed by atoms with van der Waals surface area (Å²) in [6.45, 7) is 0. The van der Waals surface area contributed by atoms with Gasteiger partial charge in [-0.25, -0.2) is 4.98 Å². The summed E-state index contributed by atoms with van der Waals surface area (Å²) in [7, 11) is 1.79. The van der Waals surface area contributed by atoms with E-state index in [4.69, 9.17) is 0 Å². The largest absolute Gasteiger partial charge is 0.373 e. The van der Waals surface area contributed by atoms with Crippen molar-refractivity contribution in [3.8, 4) is 0 Å². The first-order valence-corrected chi connectivity index (χ1v) is 5.61. The molecule has 0 saturated carbocycles. The van der Waals surface area contributed by atoms with Gasteiger partial charge in [0.05, 0.1) is 18.3 Å². The molecule has 92 valence electrons. The van der Waals surface area contributed by atoms with Gasteiger partial charge in [-0.1, -0.05) is 6.07 Å². The molecule has 0 aromatic carbocycles. The van der Waals surface area contributed by atoms with Crippen molar-refractivity contribution in [1.82, 2.24) is 9.97 Å². The van der Waals surface area contributed by atoms with Crippen LogP contribution in [0.2, 0.25) is 0 Å². The van der Waals surface area contributed by atoms with Crippen molar-refractivity contribution in [3.63, 3.8) is 0 Å². The zero-order valence-electron chi connectivity index (χ0n) is 10.1. The normalized spacial score (nSPS) is 9.83. The van der Waals surface area contributed by atoms with Gasteiger partial charge in [0.25, 0.3) is 0 Å². The van der Waals surface area contributed by atoms with Gasteiger partial charge in [-0.05, 0) is 24.3 Å². The molecule has 0 fully saturated rings. The maximum atomic E-state index is 11.7. The van der Waals surface area contributed by atoms with E-state index in [0.717, 1.165) is 11.5 Å². The summed E-state index contributed by atoms with van der Waals surface area (Å²) in [6, 6.07) is 9.11. The molecular weight excluding hydrogens is 228 g/mol. The van der Waals surface area contributed by atoms with Gasteiger partial charge in [-0.3, -0.25) is 9.78 Å². The number of carbonyl (C=O) groups is 1. The maximum Gasteiger partial charge on any atom is 0.230 e. The van der Waals surface area contributed by atoms with Crippen LogP contribution < -0.4 is 10.6 Å². The summed E-state index contributed by atoms with van der Waals surface area (Å²) in [4.78, 5) is 20.0. The molecule has 0 radical (unpaired) electrons. The Morgan fingerprint density at radius 1 is 1.22 bits per heavy atom. The first kappa shape index (κ1) is 12.0. The number of amides is 1. The Morgan fingerprint density at radius 2 is 2.11 bits per heavy atom. The quantitative estimate of drug-likeness (QED) is 0.856. The first-order chi connectivity index (χ1) is 8.78. The minimum atomic E-state index is -0.104. The molecule has 5 heteroatoms. The molecule has 0 aliphatic carbocycles. The Hall–Kier alpha value is -2.43. The third kappa shape index (κ3) is 3.28. The predicted molar refractivity (Wildman–Crippen MR) is 70.4 cm³/mol. The van der Waals surface area contributed by atoms with Gasteiger partial charge >= 0.3 is 0 Å². The molecule has 0 unspecified atom stereocenters. The van der Waals surface area contributed by atoms with Crippen LogP contribution in [0, 0.1) is 0 Å². The lowest BCUT2D eigenvalue weighted by Gasteiger charge is -2.05. The number of carbonyl (C=O) groups excluding carboxylic acids is 1. The van der Waals surface area contributed by atoms with Gasteiger partial charge in [0, 0.05) is 18.9 Å². The van der Waals surface area contributed by atoms with E-state index in [1.165, 1.54) is 0 Å². The van der Waals surface area contributed by atoms with Crippen molar-refractivity contribution in [2.24, 2.45) is 0 Å². The lowest BCUT2D eigenvalue weighted by molar-refractivity contribution is -0.115. The zero-order valence-corrected chi connectivity index (χ0v) is 10.1. The van der Waals surface area contributed by atoms with Crippen LogP contribution in [-0.2, 0) is 11.2 Å². The minimum Gasteiger partial charge on any atom is -0.373 e. The van der Waals surface area contributed by atoms with E-state index in [9.17, 15) is 4.79 Å². The van der Waals surface area contributed by atoms with Crippen molar-refractivity contribution < 1.29 is 4.79 Å². The van der Waals surface area contributed by atoms with E-state index in [1.807, 2.05) is 18.2 Å². The first-order valence-electron chi connectivity index (χ1n) is 5.61. The second-order valence-corrected chi connectivity index (χ2v) is 3.73. The van der Waals surface area contributed by atoms with Gasteiger partial charge in [-0.15, -0.1) is 0 Å². The number of hydrogen-bond donors (Lipinski definition) is 2. The highest BCUT2D eigenvalue weighted by Crippen LogP contribution is 2.09. The van der Waals surface area contributed by atoms with Crippen LogP contribution in [0.4, 0.5) is 11.5 Å². The fourth-order valence-corrected chi connectivity index (χ4v) is 1.49. The number of nitrogens with zero attached hydrogens (tertiary/aromatic N) is 2. The van der Waals surface area contributed by atoms with Crippen LogP contribution in [0.1, 0.15) is 5.69 Å². The summed E-state index contributed by atoms with van der Waals surface area (Å²) in [5, 5.41) is 5.69. The highest BCUT2D eigenvalue weighted by atomic mass is 16.1. The summed E-state index contributed by atoms with van der Waals surface area (Å²) in [5.41, 5.74) is 1.42. The molecule has 1 amide bonds. The Morgan fingerprint density at radius 3 is 2.72 bits per heavy atom. The van der Waals surface area contributed by atoms with Crippen molar-refractivity contribution in [1.29, 1.82) is 0 Å². The molecule has 0 saturated heterocycles. The standard InChI is InChI=1S/C13H14N4O/c1-14-12-6-5-11(9-16-12)17-13(18)8-10-4-2-3-7-15-10/h2-7,9H,8H2,1H3,(H,14,16)(H,17,18).